The Hall–Kier alpha value is -2.26. The second-order valence-electron chi connectivity index (χ2n) is 9.83. The molecule has 176 valence electrons. The first kappa shape index (κ1) is 26.0. The zero-order valence-corrected chi connectivity index (χ0v) is 22.4. The first-order valence-corrected chi connectivity index (χ1v) is 11.9. The van der Waals surface area contributed by atoms with Gasteiger partial charge >= 0.3 is 0 Å². The van der Waals surface area contributed by atoms with E-state index in [0.717, 1.165) is 19.6 Å². The summed E-state index contributed by atoms with van der Waals surface area (Å²) in [6, 6.07) is 0. The van der Waals surface area contributed by atoms with Crippen LogP contribution in [0.2, 0.25) is 0 Å². The predicted octanol–water partition coefficient (Wildman–Crippen LogP) is 6.83. The zero-order valence-electron chi connectivity index (χ0n) is 22.4. The molecule has 2 aromatic carbocycles. The van der Waals surface area contributed by atoms with E-state index in [9.17, 15) is 0 Å². The highest BCUT2D eigenvalue weighted by Gasteiger charge is 2.21. The summed E-state index contributed by atoms with van der Waals surface area (Å²) >= 11 is 0. The third-order valence-corrected chi connectivity index (χ3v) is 8.04. The van der Waals surface area contributed by atoms with Crippen molar-refractivity contribution in [2.24, 2.45) is 0 Å². The molecule has 2 rings (SSSR count). The number of hydrogen-bond donors (Lipinski definition) is 3. The minimum atomic E-state index is -0.198. The van der Waals surface area contributed by atoms with E-state index in [-0.39, 0.29) is 5.54 Å². The highest BCUT2D eigenvalue weighted by Crippen LogP contribution is 2.31. The van der Waals surface area contributed by atoms with E-state index < -0.39 is 0 Å². The molecule has 3 nitrogen and oxygen atoms in total. The molecule has 0 amide bonds. The predicted molar refractivity (Wildman–Crippen MR) is 144 cm³/mol. The smallest absolute Gasteiger partial charge is 0.0509 e. The van der Waals surface area contributed by atoms with Crippen LogP contribution < -0.4 is 16.0 Å². The normalized spacial score (nSPS) is 13.1. The van der Waals surface area contributed by atoms with E-state index in [4.69, 9.17) is 0 Å². The molecule has 0 aromatic heterocycles. The van der Waals surface area contributed by atoms with Crippen molar-refractivity contribution in [1.82, 2.24) is 5.32 Å². The summed E-state index contributed by atoms with van der Waals surface area (Å²) in [6.07, 6.45) is 2.02. The summed E-state index contributed by atoms with van der Waals surface area (Å²) in [4.78, 5) is 0. The van der Waals surface area contributed by atoms with Crippen LogP contribution in [-0.2, 0) is 0 Å². The van der Waals surface area contributed by atoms with Crippen LogP contribution in [0.1, 0.15) is 62.6 Å². The summed E-state index contributed by atoms with van der Waals surface area (Å²) in [7, 11) is 0. The maximum atomic E-state index is 4.11. The van der Waals surface area contributed by atoms with Crippen LogP contribution in [0.5, 0.6) is 0 Å². The first-order valence-electron chi connectivity index (χ1n) is 11.9. The molecule has 0 saturated heterocycles. The van der Waals surface area contributed by atoms with E-state index in [1.807, 2.05) is 6.08 Å². The lowest BCUT2D eigenvalue weighted by atomic mass is 9.92. The molecule has 0 fully saturated rings. The van der Waals surface area contributed by atoms with Crippen molar-refractivity contribution < 1.29 is 0 Å². The monoisotopic (exact) mass is 435 g/mol. The van der Waals surface area contributed by atoms with Gasteiger partial charge in [-0.2, -0.15) is 0 Å². The quantitative estimate of drug-likeness (QED) is 0.298. The molecule has 3 heteroatoms. The molecule has 0 spiro atoms. The molecule has 3 N–H and O–H groups in total. The number of anilines is 2. The largest absolute Gasteiger partial charge is 0.383 e. The fraction of sp³-hybridized carbons (Fsp3) is 0.517. The molecule has 1 atom stereocenters. The maximum absolute atomic E-state index is 4.11. The summed E-state index contributed by atoms with van der Waals surface area (Å²) in [5.41, 5.74) is 16.1. The molecular formula is C29H45N3. The fourth-order valence-corrected chi connectivity index (χ4v) is 4.54. The van der Waals surface area contributed by atoms with Gasteiger partial charge in [0.2, 0.25) is 0 Å². The van der Waals surface area contributed by atoms with Crippen LogP contribution in [0.25, 0.3) is 0 Å². The molecule has 0 aliphatic rings. The molecule has 2 aromatic rings. The average molecular weight is 436 g/mol. The fourth-order valence-electron chi connectivity index (χ4n) is 4.54. The second-order valence-corrected chi connectivity index (χ2v) is 9.83. The highest BCUT2D eigenvalue weighted by atomic mass is 15.0. The molecule has 0 saturated carbocycles. The Balaban J connectivity index is 2.05. The van der Waals surface area contributed by atoms with Gasteiger partial charge in [-0.05, 0) is 132 Å². The molecule has 0 unspecified atom stereocenters. The minimum absolute atomic E-state index is 0.198. The van der Waals surface area contributed by atoms with Gasteiger partial charge in [-0.1, -0.05) is 6.08 Å². The maximum Gasteiger partial charge on any atom is 0.0509 e. The third-order valence-electron chi connectivity index (χ3n) is 8.04. The van der Waals surface area contributed by atoms with Gasteiger partial charge in [-0.15, -0.1) is 6.58 Å². The van der Waals surface area contributed by atoms with Gasteiger partial charge < -0.3 is 16.0 Å². The van der Waals surface area contributed by atoms with Gasteiger partial charge in [0.15, 0.2) is 0 Å². The van der Waals surface area contributed by atoms with Gasteiger partial charge in [0.25, 0.3) is 0 Å². The summed E-state index contributed by atoms with van der Waals surface area (Å²) in [5.74, 6) is 0. The summed E-state index contributed by atoms with van der Waals surface area (Å²) in [6.45, 7) is 31.0. The number of benzene rings is 2. The van der Waals surface area contributed by atoms with Crippen molar-refractivity contribution in [3.63, 3.8) is 0 Å². The van der Waals surface area contributed by atoms with Crippen molar-refractivity contribution in [1.29, 1.82) is 0 Å². The Morgan fingerprint density at radius 3 is 1.28 bits per heavy atom. The van der Waals surface area contributed by atoms with Gasteiger partial charge in [0.1, 0.15) is 0 Å². The van der Waals surface area contributed by atoms with Crippen LogP contribution in [0.3, 0.4) is 0 Å². The molecule has 0 heterocycles. The van der Waals surface area contributed by atoms with Crippen LogP contribution in [0.15, 0.2) is 12.7 Å². The van der Waals surface area contributed by atoms with Gasteiger partial charge in [0.05, 0.1) is 5.54 Å². The summed E-state index contributed by atoms with van der Waals surface area (Å²) < 4.78 is 0. The Morgan fingerprint density at radius 1 is 0.562 bits per heavy atom. The molecule has 32 heavy (non-hydrogen) atoms. The molecule has 0 radical (unpaired) electrons. The Bertz CT molecular complexity index is 958. The van der Waals surface area contributed by atoms with E-state index in [1.165, 1.54) is 67.0 Å². The third kappa shape index (κ3) is 5.04. The molecular weight excluding hydrogens is 390 g/mol. The summed E-state index contributed by atoms with van der Waals surface area (Å²) in [5, 5.41) is 11.1. The SMILES string of the molecule is C=C[C@@](C)(CNc1c(C)c(C)c(C)c(C)c1C)NCCNc1c(C)c(C)c(C)c(C)c1C. The molecule has 0 aliphatic carbocycles. The van der Waals surface area contributed by atoms with Gasteiger partial charge in [-0.3, -0.25) is 0 Å². The lowest BCUT2D eigenvalue weighted by Crippen LogP contribution is -2.48. The van der Waals surface area contributed by atoms with Crippen LogP contribution in [0.4, 0.5) is 11.4 Å². The van der Waals surface area contributed by atoms with Crippen molar-refractivity contribution in [3.05, 3.63) is 68.3 Å². The Kier molecular flexibility index (Phi) is 8.22. The Labute approximate surface area is 197 Å². The van der Waals surface area contributed by atoms with E-state index >= 15 is 0 Å². The number of rotatable bonds is 9. The van der Waals surface area contributed by atoms with Crippen molar-refractivity contribution in [2.45, 2.75) is 81.7 Å². The molecule has 0 aliphatic heterocycles. The van der Waals surface area contributed by atoms with Crippen LogP contribution >= 0.6 is 0 Å². The zero-order chi connectivity index (χ0) is 24.4. The lowest BCUT2D eigenvalue weighted by molar-refractivity contribution is 0.467. The first-order chi connectivity index (χ1) is 14.9. The van der Waals surface area contributed by atoms with E-state index in [0.29, 0.717) is 0 Å². The lowest BCUT2D eigenvalue weighted by Gasteiger charge is -2.30. The van der Waals surface area contributed by atoms with Crippen LogP contribution in [0, 0.1) is 69.2 Å². The van der Waals surface area contributed by atoms with E-state index in [1.54, 1.807) is 0 Å². The minimum Gasteiger partial charge on any atom is -0.383 e. The Morgan fingerprint density at radius 2 is 0.906 bits per heavy atom. The van der Waals surface area contributed by atoms with Gasteiger partial charge in [0, 0.05) is 31.0 Å². The van der Waals surface area contributed by atoms with Crippen molar-refractivity contribution >= 4 is 11.4 Å². The average Bonchev–Trinajstić information content (AvgIpc) is 2.78. The standard InChI is InChI=1S/C29H45N3/c1-13-29(12,16-31-28-25(10)21(6)18(3)22(7)26(28)11)32-15-14-30-27-23(8)19(4)17(2)20(5)24(27)9/h13,30-32H,1,14-16H2,2-12H3/t29-/m0/s1. The number of hydrogen-bond acceptors (Lipinski definition) is 3. The topological polar surface area (TPSA) is 36.1 Å². The number of nitrogens with one attached hydrogen (secondary N) is 3. The highest BCUT2D eigenvalue weighted by molar-refractivity contribution is 5.65. The van der Waals surface area contributed by atoms with E-state index in [2.05, 4.69) is 98.7 Å². The molecule has 0 bridgehead atoms. The second kappa shape index (κ2) is 10.1. The van der Waals surface area contributed by atoms with Crippen molar-refractivity contribution in [3.8, 4) is 0 Å². The van der Waals surface area contributed by atoms with Crippen LogP contribution in [-0.4, -0.2) is 25.2 Å². The van der Waals surface area contributed by atoms with Crippen molar-refractivity contribution in [2.75, 3.05) is 30.3 Å². The van der Waals surface area contributed by atoms with Gasteiger partial charge in [-0.25, -0.2) is 0 Å².